The third-order valence-electron chi connectivity index (χ3n) is 5.41. The Bertz CT molecular complexity index is 1320. The van der Waals surface area contributed by atoms with Crippen molar-refractivity contribution in [3.05, 3.63) is 81.9 Å². The summed E-state index contributed by atoms with van der Waals surface area (Å²) in [5.74, 6) is 1.26. The second-order valence-electron chi connectivity index (χ2n) is 7.56. The van der Waals surface area contributed by atoms with Crippen LogP contribution in [0.5, 0.6) is 11.5 Å². The minimum atomic E-state index is -0.860. The van der Waals surface area contributed by atoms with Gasteiger partial charge in [0.05, 0.1) is 18.3 Å². The van der Waals surface area contributed by atoms with Gasteiger partial charge in [-0.2, -0.15) is 5.10 Å². The van der Waals surface area contributed by atoms with Gasteiger partial charge in [-0.25, -0.2) is 4.52 Å². The van der Waals surface area contributed by atoms with Crippen LogP contribution in [0.25, 0.3) is 16.8 Å². The number of aromatic nitrogens is 3. The average Bonchev–Trinajstić information content (AvgIpc) is 3.36. The fourth-order valence-electron chi connectivity index (χ4n) is 3.81. The molecule has 1 aliphatic rings. The van der Waals surface area contributed by atoms with Crippen molar-refractivity contribution in [1.82, 2.24) is 14.2 Å². The van der Waals surface area contributed by atoms with Gasteiger partial charge in [0.25, 0.3) is 5.56 Å². The molecular formula is C23H21N3O4. The molecule has 5 rings (SSSR count). The van der Waals surface area contributed by atoms with E-state index >= 15 is 0 Å². The molecular weight excluding hydrogens is 382 g/mol. The van der Waals surface area contributed by atoms with Crippen molar-refractivity contribution in [2.45, 2.75) is 26.5 Å². The summed E-state index contributed by atoms with van der Waals surface area (Å²) in [5, 5.41) is 15.2. The van der Waals surface area contributed by atoms with E-state index in [0.29, 0.717) is 22.6 Å². The Labute approximate surface area is 172 Å². The van der Waals surface area contributed by atoms with Crippen LogP contribution >= 0.6 is 0 Å². The maximum Gasteiger partial charge on any atom is 0.276 e. The molecule has 0 radical (unpaired) electrons. The lowest BCUT2D eigenvalue weighted by molar-refractivity contribution is 0.154. The molecule has 4 aromatic rings. The number of fused-ring (bicyclic) bond motifs is 2. The summed E-state index contributed by atoms with van der Waals surface area (Å²) in [4.78, 5) is 13.0. The number of rotatable bonds is 4. The molecule has 7 nitrogen and oxygen atoms in total. The van der Waals surface area contributed by atoms with Crippen LogP contribution < -0.4 is 15.0 Å². The molecule has 1 aliphatic heterocycles. The highest BCUT2D eigenvalue weighted by atomic mass is 16.7. The van der Waals surface area contributed by atoms with Crippen LogP contribution in [0.4, 0.5) is 0 Å². The number of hydrogen-bond acceptors (Lipinski definition) is 5. The quantitative estimate of drug-likeness (QED) is 0.566. The van der Waals surface area contributed by atoms with E-state index in [2.05, 4.69) is 11.2 Å². The number of hydrogen-bond donors (Lipinski definition) is 1. The van der Waals surface area contributed by atoms with E-state index in [-0.39, 0.29) is 18.9 Å². The van der Waals surface area contributed by atoms with E-state index in [1.807, 2.05) is 26.0 Å². The molecule has 0 amide bonds. The highest BCUT2D eigenvalue weighted by Crippen LogP contribution is 2.34. The van der Waals surface area contributed by atoms with Gasteiger partial charge in [0.15, 0.2) is 11.5 Å². The Balaban J connectivity index is 1.47. The van der Waals surface area contributed by atoms with Crippen LogP contribution in [0.3, 0.4) is 0 Å². The summed E-state index contributed by atoms with van der Waals surface area (Å²) in [5.41, 5.74) is 4.95. The standard InChI is InChI=1S/C23H21N3O4/c1-14-3-5-17(15(2)9-14)18-11-19-23(28)25(7-8-26(19)24-18)12-20(27)16-4-6-21-22(10-16)30-13-29-21/h3-11,20,27H,12-13H2,1-2H3/t20-/m0/s1. The first-order valence-corrected chi connectivity index (χ1v) is 9.74. The second kappa shape index (κ2) is 7.03. The van der Waals surface area contributed by atoms with Crippen LogP contribution in [-0.4, -0.2) is 26.1 Å². The number of ether oxygens (including phenoxy) is 2. The lowest BCUT2D eigenvalue weighted by Crippen LogP contribution is -2.24. The van der Waals surface area contributed by atoms with Crippen molar-refractivity contribution in [2.24, 2.45) is 0 Å². The zero-order chi connectivity index (χ0) is 20.8. The van der Waals surface area contributed by atoms with Crippen LogP contribution in [0, 0.1) is 13.8 Å². The lowest BCUT2D eigenvalue weighted by atomic mass is 10.0. The fraction of sp³-hybridized carbons (Fsp3) is 0.217. The summed E-state index contributed by atoms with van der Waals surface area (Å²) in [6.45, 7) is 4.38. The third kappa shape index (κ3) is 3.13. The van der Waals surface area contributed by atoms with Gasteiger partial charge in [-0.15, -0.1) is 0 Å². The van der Waals surface area contributed by atoms with E-state index in [1.165, 1.54) is 10.1 Å². The normalized spacial score (nSPS) is 13.7. The van der Waals surface area contributed by atoms with Gasteiger partial charge < -0.3 is 19.1 Å². The molecule has 2 aromatic heterocycles. The van der Waals surface area contributed by atoms with E-state index in [9.17, 15) is 9.90 Å². The van der Waals surface area contributed by atoms with Crippen molar-refractivity contribution >= 4 is 5.52 Å². The van der Waals surface area contributed by atoms with Gasteiger partial charge in [0.1, 0.15) is 5.52 Å². The van der Waals surface area contributed by atoms with Gasteiger partial charge >= 0.3 is 0 Å². The largest absolute Gasteiger partial charge is 0.454 e. The molecule has 0 saturated heterocycles. The summed E-state index contributed by atoms with van der Waals surface area (Å²) < 4.78 is 13.8. The van der Waals surface area contributed by atoms with Gasteiger partial charge in [-0.05, 0) is 43.2 Å². The Morgan fingerprint density at radius 3 is 2.73 bits per heavy atom. The Kier molecular flexibility index (Phi) is 4.33. The van der Waals surface area contributed by atoms with Gasteiger partial charge in [0, 0.05) is 18.0 Å². The predicted molar refractivity (Wildman–Crippen MR) is 112 cm³/mol. The Hall–Kier alpha value is -3.58. The molecule has 30 heavy (non-hydrogen) atoms. The Morgan fingerprint density at radius 1 is 1.07 bits per heavy atom. The van der Waals surface area contributed by atoms with Crippen LogP contribution in [0.15, 0.2) is 59.7 Å². The SMILES string of the molecule is Cc1ccc(-c2cc3c(=O)n(C[C@H](O)c4ccc5c(c4)OCO5)ccn3n2)c(C)c1. The van der Waals surface area contributed by atoms with E-state index in [0.717, 1.165) is 16.8 Å². The summed E-state index contributed by atoms with van der Waals surface area (Å²) in [6, 6.07) is 13.2. The maximum atomic E-state index is 13.0. The van der Waals surface area contributed by atoms with Crippen molar-refractivity contribution in [3.8, 4) is 22.8 Å². The number of aliphatic hydroxyl groups is 1. The average molecular weight is 403 g/mol. The summed E-state index contributed by atoms with van der Waals surface area (Å²) in [6.07, 6.45) is 2.52. The van der Waals surface area contributed by atoms with Gasteiger partial charge in [0.2, 0.25) is 6.79 Å². The number of benzene rings is 2. The molecule has 1 atom stereocenters. The predicted octanol–water partition coefficient (Wildman–Crippen LogP) is 3.24. The molecule has 0 bridgehead atoms. The molecule has 7 heteroatoms. The third-order valence-corrected chi connectivity index (χ3v) is 5.41. The molecule has 0 fully saturated rings. The summed E-state index contributed by atoms with van der Waals surface area (Å²) >= 11 is 0. The summed E-state index contributed by atoms with van der Waals surface area (Å²) in [7, 11) is 0. The van der Waals surface area contributed by atoms with Crippen molar-refractivity contribution in [3.63, 3.8) is 0 Å². The maximum absolute atomic E-state index is 13.0. The minimum absolute atomic E-state index is 0.124. The van der Waals surface area contributed by atoms with Crippen molar-refractivity contribution in [2.75, 3.05) is 6.79 Å². The first-order valence-electron chi connectivity index (χ1n) is 9.74. The van der Waals surface area contributed by atoms with Gasteiger partial charge in [-0.1, -0.05) is 29.8 Å². The molecule has 152 valence electrons. The zero-order valence-electron chi connectivity index (χ0n) is 16.7. The smallest absolute Gasteiger partial charge is 0.276 e. The number of aliphatic hydroxyl groups excluding tert-OH is 1. The number of aryl methyl sites for hydroxylation is 2. The first-order chi connectivity index (χ1) is 14.5. The minimum Gasteiger partial charge on any atom is -0.454 e. The monoisotopic (exact) mass is 403 g/mol. The zero-order valence-corrected chi connectivity index (χ0v) is 16.7. The molecule has 0 aliphatic carbocycles. The van der Waals surface area contributed by atoms with E-state index in [1.54, 1.807) is 41.2 Å². The molecule has 0 saturated carbocycles. The lowest BCUT2D eigenvalue weighted by Gasteiger charge is -2.13. The second-order valence-corrected chi connectivity index (χ2v) is 7.56. The van der Waals surface area contributed by atoms with Crippen LogP contribution in [0.2, 0.25) is 0 Å². The molecule has 0 spiro atoms. The van der Waals surface area contributed by atoms with Crippen molar-refractivity contribution < 1.29 is 14.6 Å². The van der Waals surface area contributed by atoms with E-state index in [4.69, 9.17) is 9.47 Å². The molecule has 2 aromatic carbocycles. The van der Waals surface area contributed by atoms with Crippen LogP contribution in [0.1, 0.15) is 22.8 Å². The van der Waals surface area contributed by atoms with Gasteiger partial charge in [-0.3, -0.25) is 4.79 Å². The first kappa shape index (κ1) is 18.4. The highest BCUT2D eigenvalue weighted by Gasteiger charge is 2.18. The molecule has 1 N–H and O–H groups in total. The molecule has 0 unspecified atom stereocenters. The van der Waals surface area contributed by atoms with Crippen LogP contribution in [-0.2, 0) is 6.54 Å². The fourth-order valence-corrected chi connectivity index (χ4v) is 3.81. The highest BCUT2D eigenvalue weighted by molar-refractivity contribution is 5.68. The van der Waals surface area contributed by atoms with E-state index < -0.39 is 6.10 Å². The Morgan fingerprint density at radius 2 is 1.90 bits per heavy atom. The van der Waals surface area contributed by atoms with Crippen molar-refractivity contribution in [1.29, 1.82) is 0 Å². The topological polar surface area (TPSA) is 78.0 Å². The number of nitrogens with zero attached hydrogens (tertiary/aromatic N) is 3. The molecule has 3 heterocycles.